The number of ether oxygens (including phenoxy) is 1. The lowest BCUT2D eigenvalue weighted by Crippen LogP contribution is -2.25. The monoisotopic (exact) mass is 459 g/mol. The van der Waals surface area contributed by atoms with Crippen molar-refractivity contribution in [2.24, 2.45) is 0 Å². The van der Waals surface area contributed by atoms with Crippen LogP contribution in [0.25, 0.3) is 21.3 Å². The van der Waals surface area contributed by atoms with Gasteiger partial charge in [0.1, 0.15) is 23.5 Å². The quantitative estimate of drug-likeness (QED) is 0.339. The SMILES string of the molecule is Cc1csc2ccc(CCNc3cc(-c4ccc(C(=O)O)c(OC5CCC5)c4)ncn3)cc12. The lowest BCUT2D eigenvalue weighted by Gasteiger charge is -2.27. The maximum atomic E-state index is 11.6. The minimum atomic E-state index is -0.989. The second-order valence-electron chi connectivity index (χ2n) is 8.40. The Kier molecular flexibility index (Phi) is 5.96. The predicted molar refractivity (Wildman–Crippen MR) is 131 cm³/mol. The molecule has 1 aliphatic carbocycles. The zero-order valence-electron chi connectivity index (χ0n) is 18.4. The first-order valence-corrected chi connectivity index (χ1v) is 12.0. The van der Waals surface area contributed by atoms with E-state index in [1.54, 1.807) is 29.5 Å². The average molecular weight is 460 g/mol. The molecular formula is C26H25N3O3S. The Morgan fingerprint density at radius 2 is 2.06 bits per heavy atom. The molecule has 1 fully saturated rings. The number of nitrogens with zero attached hydrogens (tertiary/aromatic N) is 2. The number of fused-ring (bicyclic) bond motifs is 1. The number of carboxylic acids is 1. The number of aromatic carboxylic acids is 1. The summed E-state index contributed by atoms with van der Waals surface area (Å²) in [7, 11) is 0. The van der Waals surface area contributed by atoms with Crippen molar-refractivity contribution in [3.8, 4) is 17.0 Å². The lowest BCUT2D eigenvalue weighted by atomic mass is 9.96. The summed E-state index contributed by atoms with van der Waals surface area (Å²) in [6.07, 6.45) is 5.55. The molecule has 0 amide bonds. The standard InChI is InChI=1S/C26H25N3O3S/c1-16-14-33-24-8-5-17(11-21(16)24)9-10-27-25-13-22(28-15-29-25)18-6-7-20(26(30)31)23(12-18)32-19-3-2-4-19/h5-8,11-15,19H,2-4,9-10H2,1H3,(H,30,31)(H,27,28,29). The molecule has 0 saturated heterocycles. The van der Waals surface area contributed by atoms with Gasteiger partial charge in [0.15, 0.2) is 0 Å². The zero-order valence-corrected chi connectivity index (χ0v) is 19.2. The van der Waals surface area contributed by atoms with Gasteiger partial charge in [0.2, 0.25) is 0 Å². The van der Waals surface area contributed by atoms with Crippen LogP contribution < -0.4 is 10.1 Å². The van der Waals surface area contributed by atoms with Crippen molar-refractivity contribution >= 4 is 33.2 Å². The molecule has 2 heterocycles. The van der Waals surface area contributed by atoms with Gasteiger partial charge in [0, 0.05) is 22.9 Å². The summed E-state index contributed by atoms with van der Waals surface area (Å²) in [6, 6.07) is 13.6. The fourth-order valence-electron chi connectivity index (χ4n) is 3.93. The van der Waals surface area contributed by atoms with E-state index in [0.29, 0.717) is 5.75 Å². The first-order chi connectivity index (χ1) is 16.1. The Balaban J connectivity index is 1.29. The Morgan fingerprint density at radius 3 is 2.85 bits per heavy atom. The van der Waals surface area contributed by atoms with Crippen LogP contribution in [0, 0.1) is 6.92 Å². The first kappa shape index (κ1) is 21.4. The minimum Gasteiger partial charge on any atom is -0.490 e. The molecule has 5 rings (SSSR count). The van der Waals surface area contributed by atoms with E-state index in [2.05, 4.69) is 45.8 Å². The Bertz CT molecular complexity index is 1310. The molecule has 0 unspecified atom stereocenters. The fourth-order valence-corrected chi connectivity index (χ4v) is 4.85. The summed E-state index contributed by atoms with van der Waals surface area (Å²) < 4.78 is 7.26. The molecule has 0 aliphatic heterocycles. The zero-order chi connectivity index (χ0) is 22.8. The van der Waals surface area contributed by atoms with Crippen molar-refractivity contribution in [3.63, 3.8) is 0 Å². The summed E-state index contributed by atoms with van der Waals surface area (Å²) in [6.45, 7) is 2.90. The van der Waals surface area contributed by atoms with Crippen LogP contribution in [0.1, 0.15) is 40.7 Å². The van der Waals surface area contributed by atoms with E-state index in [9.17, 15) is 9.90 Å². The smallest absolute Gasteiger partial charge is 0.339 e. The number of hydrogen-bond acceptors (Lipinski definition) is 6. The van der Waals surface area contributed by atoms with Crippen LogP contribution in [0.2, 0.25) is 0 Å². The van der Waals surface area contributed by atoms with Gasteiger partial charge in [-0.05, 0) is 78.8 Å². The molecule has 4 aromatic rings. The van der Waals surface area contributed by atoms with E-state index < -0.39 is 5.97 Å². The van der Waals surface area contributed by atoms with Gasteiger partial charge < -0.3 is 15.2 Å². The third-order valence-electron chi connectivity index (χ3n) is 6.07. The number of hydrogen-bond donors (Lipinski definition) is 2. The highest BCUT2D eigenvalue weighted by Crippen LogP contribution is 2.32. The van der Waals surface area contributed by atoms with E-state index >= 15 is 0 Å². The van der Waals surface area contributed by atoms with Crippen LogP contribution in [-0.2, 0) is 6.42 Å². The van der Waals surface area contributed by atoms with Crippen molar-refractivity contribution in [3.05, 3.63) is 70.9 Å². The van der Waals surface area contributed by atoms with Crippen LogP contribution >= 0.6 is 11.3 Å². The average Bonchev–Trinajstić information content (AvgIpc) is 3.16. The summed E-state index contributed by atoms with van der Waals surface area (Å²) in [5, 5.41) is 16.4. The molecule has 168 valence electrons. The van der Waals surface area contributed by atoms with E-state index in [4.69, 9.17) is 4.74 Å². The maximum Gasteiger partial charge on any atom is 0.339 e. The van der Waals surface area contributed by atoms with Crippen LogP contribution in [0.15, 0.2) is 54.2 Å². The minimum absolute atomic E-state index is 0.0954. The van der Waals surface area contributed by atoms with Crippen LogP contribution in [0.4, 0.5) is 5.82 Å². The van der Waals surface area contributed by atoms with Gasteiger partial charge in [-0.2, -0.15) is 0 Å². The van der Waals surface area contributed by atoms with Gasteiger partial charge in [0.05, 0.1) is 11.8 Å². The van der Waals surface area contributed by atoms with Crippen molar-refractivity contribution in [2.75, 3.05) is 11.9 Å². The van der Waals surface area contributed by atoms with E-state index in [1.165, 1.54) is 27.5 Å². The summed E-state index contributed by atoms with van der Waals surface area (Å²) in [5.41, 5.74) is 4.31. The second-order valence-corrected chi connectivity index (χ2v) is 9.31. The van der Waals surface area contributed by atoms with E-state index in [-0.39, 0.29) is 11.7 Å². The Labute approximate surface area is 196 Å². The topological polar surface area (TPSA) is 84.3 Å². The van der Waals surface area contributed by atoms with Gasteiger partial charge in [-0.1, -0.05) is 12.1 Å². The van der Waals surface area contributed by atoms with Crippen molar-refractivity contribution < 1.29 is 14.6 Å². The van der Waals surface area contributed by atoms with Crippen LogP contribution in [0.5, 0.6) is 5.75 Å². The highest BCUT2D eigenvalue weighted by molar-refractivity contribution is 7.17. The molecule has 6 nitrogen and oxygen atoms in total. The van der Waals surface area contributed by atoms with Gasteiger partial charge in [-0.15, -0.1) is 11.3 Å². The number of aromatic nitrogens is 2. The Morgan fingerprint density at radius 1 is 1.18 bits per heavy atom. The van der Waals surface area contributed by atoms with Gasteiger partial charge >= 0.3 is 5.97 Å². The van der Waals surface area contributed by atoms with Gasteiger partial charge in [-0.3, -0.25) is 0 Å². The molecule has 2 aromatic carbocycles. The van der Waals surface area contributed by atoms with Crippen molar-refractivity contribution in [2.45, 2.75) is 38.7 Å². The highest BCUT2D eigenvalue weighted by Gasteiger charge is 2.22. The Hall–Kier alpha value is -3.45. The van der Waals surface area contributed by atoms with Gasteiger partial charge in [-0.25, -0.2) is 14.8 Å². The summed E-state index contributed by atoms with van der Waals surface area (Å²) >= 11 is 1.78. The molecule has 0 radical (unpaired) electrons. The fraction of sp³-hybridized carbons (Fsp3) is 0.269. The number of anilines is 1. The molecule has 2 aromatic heterocycles. The molecule has 1 saturated carbocycles. The third kappa shape index (κ3) is 4.68. The number of carboxylic acid groups (broad SMARTS) is 1. The largest absolute Gasteiger partial charge is 0.490 e. The number of nitrogens with one attached hydrogen (secondary N) is 1. The van der Waals surface area contributed by atoms with Crippen molar-refractivity contribution in [1.82, 2.24) is 9.97 Å². The molecule has 7 heteroatoms. The normalized spacial score (nSPS) is 13.6. The first-order valence-electron chi connectivity index (χ1n) is 11.1. The number of aryl methyl sites for hydroxylation is 1. The molecule has 1 aliphatic rings. The number of carbonyl (C=O) groups is 1. The molecular weight excluding hydrogens is 434 g/mol. The summed E-state index contributed by atoms with van der Waals surface area (Å²) in [5.74, 6) is 0.144. The number of benzene rings is 2. The maximum absolute atomic E-state index is 11.6. The second kappa shape index (κ2) is 9.19. The van der Waals surface area contributed by atoms with Crippen LogP contribution in [-0.4, -0.2) is 33.7 Å². The predicted octanol–water partition coefficient (Wildman–Crippen LogP) is 5.95. The van der Waals surface area contributed by atoms with E-state index in [0.717, 1.165) is 49.3 Å². The molecule has 0 spiro atoms. The van der Waals surface area contributed by atoms with Crippen LogP contribution in [0.3, 0.4) is 0 Å². The number of thiophene rings is 1. The lowest BCUT2D eigenvalue weighted by molar-refractivity contribution is 0.0680. The molecule has 0 atom stereocenters. The van der Waals surface area contributed by atoms with Crippen molar-refractivity contribution in [1.29, 1.82) is 0 Å². The molecule has 0 bridgehead atoms. The molecule has 33 heavy (non-hydrogen) atoms. The highest BCUT2D eigenvalue weighted by atomic mass is 32.1. The van der Waals surface area contributed by atoms with E-state index in [1.807, 2.05) is 6.07 Å². The molecule has 2 N–H and O–H groups in total. The number of rotatable bonds is 8. The third-order valence-corrected chi connectivity index (χ3v) is 7.15. The summed E-state index contributed by atoms with van der Waals surface area (Å²) in [4.78, 5) is 20.3. The van der Waals surface area contributed by atoms with Gasteiger partial charge in [0.25, 0.3) is 0 Å².